The number of fused-ring (bicyclic) bond motifs is 1. The van der Waals surface area contributed by atoms with E-state index in [-0.39, 0.29) is 23.2 Å². The van der Waals surface area contributed by atoms with Crippen LogP contribution in [0.4, 0.5) is 15.8 Å². The van der Waals surface area contributed by atoms with E-state index in [1.54, 1.807) is 31.2 Å². The number of rotatable bonds is 5. The molecule has 2 aromatic heterocycles. The zero-order valence-electron chi connectivity index (χ0n) is 17.3. The highest BCUT2D eigenvalue weighted by atomic mass is 19.1. The minimum Gasteiger partial charge on any atom is -0.469 e. The Labute approximate surface area is 181 Å². The maximum atomic E-state index is 14.2. The van der Waals surface area contributed by atoms with Gasteiger partial charge in [-0.05, 0) is 37.3 Å². The molecule has 0 aliphatic heterocycles. The number of hydrogen-bond acceptors (Lipinski definition) is 5. The molecule has 0 saturated heterocycles. The predicted octanol–water partition coefficient (Wildman–Crippen LogP) is 3.41. The van der Waals surface area contributed by atoms with Crippen LogP contribution in [0.15, 0.2) is 64.0 Å². The molecule has 0 aliphatic rings. The summed E-state index contributed by atoms with van der Waals surface area (Å²) >= 11 is 0. The molecule has 32 heavy (non-hydrogen) atoms. The summed E-state index contributed by atoms with van der Waals surface area (Å²) in [6.45, 7) is 1.62. The molecule has 2 amide bonds. The zero-order valence-corrected chi connectivity index (χ0v) is 17.3. The Bertz CT molecular complexity index is 1410. The van der Waals surface area contributed by atoms with E-state index in [0.717, 1.165) is 6.07 Å². The van der Waals surface area contributed by atoms with Crippen LogP contribution in [0.1, 0.15) is 21.8 Å². The van der Waals surface area contributed by atoms with E-state index in [1.807, 2.05) is 0 Å². The van der Waals surface area contributed by atoms with Gasteiger partial charge in [0.1, 0.15) is 11.6 Å². The van der Waals surface area contributed by atoms with Crippen LogP contribution in [0.3, 0.4) is 0 Å². The summed E-state index contributed by atoms with van der Waals surface area (Å²) in [5.41, 5.74) is 0.679. The van der Waals surface area contributed by atoms with Gasteiger partial charge in [-0.25, -0.2) is 9.07 Å². The lowest BCUT2D eigenvalue weighted by atomic mass is 10.1. The molecular weight excluding hydrogens is 415 g/mol. The summed E-state index contributed by atoms with van der Waals surface area (Å²) in [4.78, 5) is 37.2. The number of carbonyl (C=O) groups excluding carboxylic acids is 2. The lowest BCUT2D eigenvalue weighted by molar-refractivity contribution is -0.115. The molecule has 2 heterocycles. The molecule has 0 unspecified atom stereocenters. The van der Waals surface area contributed by atoms with E-state index in [4.69, 9.17) is 4.42 Å². The monoisotopic (exact) mass is 434 g/mol. The topological polar surface area (TPSA) is 106 Å². The number of furan rings is 1. The third-order valence-electron chi connectivity index (χ3n) is 4.96. The first-order valence-electron chi connectivity index (χ1n) is 9.73. The number of aromatic nitrogens is 2. The van der Waals surface area contributed by atoms with Crippen molar-refractivity contribution in [3.8, 4) is 0 Å². The smallest absolute Gasteiger partial charge is 0.274 e. The fraction of sp³-hybridized carbons (Fsp3) is 0.130. The molecule has 2 aromatic carbocycles. The van der Waals surface area contributed by atoms with Crippen LogP contribution in [-0.2, 0) is 18.3 Å². The van der Waals surface area contributed by atoms with Gasteiger partial charge in [-0.3, -0.25) is 14.4 Å². The molecule has 0 spiro atoms. The van der Waals surface area contributed by atoms with Gasteiger partial charge in [0.2, 0.25) is 5.91 Å². The summed E-state index contributed by atoms with van der Waals surface area (Å²) in [6, 6.07) is 12.3. The van der Waals surface area contributed by atoms with Crippen molar-refractivity contribution in [1.29, 1.82) is 0 Å². The summed E-state index contributed by atoms with van der Waals surface area (Å²) in [6.07, 6.45) is 1.27. The van der Waals surface area contributed by atoms with Crippen molar-refractivity contribution >= 4 is 34.0 Å². The Morgan fingerprint density at radius 2 is 1.84 bits per heavy atom. The van der Waals surface area contributed by atoms with Gasteiger partial charge in [0, 0.05) is 18.1 Å². The van der Waals surface area contributed by atoms with Crippen molar-refractivity contribution in [3.63, 3.8) is 0 Å². The molecule has 9 heteroatoms. The number of benzene rings is 2. The molecule has 0 fully saturated rings. The van der Waals surface area contributed by atoms with Gasteiger partial charge in [-0.15, -0.1) is 0 Å². The van der Waals surface area contributed by atoms with Gasteiger partial charge in [-0.2, -0.15) is 5.10 Å². The molecular formula is C23H19FN4O4. The van der Waals surface area contributed by atoms with Crippen molar-refractivity contribution in [2.24, 2.45) is 7.05 Å². The Hall–Kier alpha value is -4.27. The number of nitrogens with one attached hydrogen (secondary N) is 2. The van der Waals surface area contributed by atoms with Gasteiger partial charge in [0.15, 0.2) is 0 Å². The fourth-order valence-corrected chi connectivity index (χ4v) is 3.37. The fourth-order valence-electron chi connectivity index (χ4n) is 3.37. The van der Waals surface area contributed by atoms with Crippen molar-refractivity contribution in [2.75, 3.05) is 10.6 Å². The lowest BCUT2D eigenvalue weighted by Crippen LogP contribution is -2.24. The van der Waals surface area contributed by atoms with Gasteiger partial charge in [0.05, 0.1) is 35.0 Å². The standard InChI is InChI=1S/C23H19FN4O4/c1-13-15(9-10-32-13)22(30)26-20-11-14(7-8-18(20)24)25-21(29)12-19-16-5-3-4-6-17(16)23(31)28(2)27-19/h3-11H,12H2,1-2H3,(H,25,29)(H,26,30). The second kappa shape index (κ2) is 8.46. The molecule has 8 nitrogen and oxygen atoms in total. The summed E-state index contributed by atoms with van der Waals surface area (Å²) in [5.74, 6) is -1.18. The summed E-state index contributed by atoms with van der Waals surface area (Å²) in [7, 11) is 1.52. The van der Waals surface area contributed by atoms with E-state index in [9.17, 15) is 18.8 Å². The van der Waals surface area contributed by atoms with Crippen LogP contribution in [0.2, 0.25) is 0 Å². The first-order chi connectivity index (χ1) is 15.3. The molecule has 0 atom stereocenters. The van der Waals surface area contributed by atoms with E-state index in [0.29, 0.717) is 27.9 Å². The first-order valence-corrected chi connectivity index (χ1v) is 9.73. The third-order valence-corrected chi connectivity index (χ3v) is 4.96. The highest BCUT2D eigenvalue weighted by Gasteiger charge is 2.16. The predicted molar refractivity (Wildman–Crippen MR) is 117 cm³/mol. The SMILES string of the molecule is Cc1occc1C(=O)Nc1cc(NC(=O)Cc2nn(C)c(=O)c3ccccc23)ccc1F. The summed E-state index contributed by atoms with van der Waals surface area (Å²) < 4.78 is 20.5. The number of anilines is 2. The largest absolute Gasteiger partial charge is 0.469 e. The van der Waals surface area contributed by atoms with Gasteiger partial charge >= 0.3 is 0 Å². The Morgan fingerprint density at radius 1 is 1.09 bits per heavy atom. The number of amides is 2. The second-order valence-electron chi connectivity index (χ2n) is 7.19. The minimum atomic E-state index is -0.650. The highest BCUT2D eigenvalue weighted by molar-refractivity contribution is 6.05. The average Bonchev–Trinajstić information content (AvgIpc) is 3.20. The minimum absolute atomic E-state index is 0.0842. The van der Waals surface area contributed by atoms with Gasteiger partial charge in [0.25, 0.3) is 11.5 Å². The molecule has 162 valence electrons. The average molecular weight is 434 g/mol. The lowest BCUT2D eigenvalue weighted by Gasteiger charge is -2.11. The third kappa shape index (κ3) is 4.13. The number of nitrogens with zero attached hydrogens (tertiary/aromatic N) is 2. The second-order valence-corrected chi connectivity index (χ2v) is 7.19. The normalized spacial score (nSPS) is 10.8. The van der Waals surface area contributed by atoms with E-state index < -0.39 is 17.6 Å². The van der Waals surface area contributed by atoms with Crippen LogP contribution >= 0.6 is 0 Å². The molecule has 0 radical (unpaired) electrons. The van der Waals surface area contributed by atoms with Crippen LogP contribution in [-0.4, -0.2) is 21.6 Å². The maximum absolute atomic E-state index is 14.2. The van der Waals surface area contributed by atoms with Crippen molar-refractivity contribution in [3.05, 3.63) is 88.0 Å². The van der Waals surface area contributed by atoms with Gasteiger partial charge < -0.3 is 15.1 Å². The highest BCUT2D eigenvalue weighted by Crippen LogP contribution is 2.22. The van der Waals surface area contributed by atoms with Crippen LogP contribution in [0, 0.1) is 12.7 Å². The number of carbonyl (C=O) groups is 2. The van der Waals surface area contributed by atoms with Crippen molar-refractivity contribution < 1.29 is 18.4 Å². The summed E-state index contributed by atoms with van der Waals surface area (Å²) in [5, 5.41) is 10.4. The van der Waals surface area contributed by atoms with Crippen molar-refractivity contribution in [2.45, 2.75) is 13.3 Å². The molecule has 0 saturated carbocycles. The van der Waals surface area contributed by atoms with E-state index in [1.165, 1.54) is 36.2 Å². The van der Waals surface area contributed by atoms with Gasteiger partial charge in [-0.1, -0.05) is 18.2 Å². The number of hydrogen-bond donors (Lipinski definition) is 2. The molecule has 0 bridgehead atoms. The number of halogens is 1. The molecule has 4 aromatic rings. The van der Waals surface area contributed by atoms with E-state index >= 15 is 0 Å². The Balaban J connectivity index is 1.53. The molecule has 0 aliphatic carbocycles. The molecule has 4 rings (SSSR count). The zero-order chi connectivity index (χ0) is 22.8. The van der Waals surface area contributed by atoms with Crippen LogP contribution in [0.25, 0.3) is 10.8 Å². The van der Waals surface area contributed by atoms with Crippen LogP contribution in [0.5, 0.6) is 0 Å². The first kappa shape index (κ1) is 21.0. The Morgan fingerprint density at radius 3 is 2.56 bits per heavy atom. The van der Waals surface area contributed by atoms with E-state index in [2.05, 4.69) is 15.7 Å². The van der Waals surface area contributed by atoms with Crippen LogP contribution < -0.4 is 16.2 Å². The van der Waals surface area contributed by atoms with Crippen molar-refractivity contribution in [1.82, 2.24) is 9.78 Å². The maximum Gasteiger partial charge on any atom is 0.274 e. The number of aryl methyl sites for hydroxylation is 2. The quantitative estimate of drug-likeness (QED) is 0.501. The Kier molecular flexibility index (Phi) is 5.55. The molecule has 2 N–H and O–H groups in total.